The molecule has 0 spiro atoms. The van der Waals surface area contributed by atoms with Gasteiger partial charge in [0.25, 0.3) is 0 Å². The number of rotatable bonds is 9. The van der Waals surface area contributed by atoms with Gasteiger partial charge in [-0.05, 0) is 32.2 Å². The van der Waals surface area contributed by atoms with E-state index < -0.39 is 0 Å². The summed E-state index contributed by atoms with van der Waals surface area (Å²) >= 11 is 0. The van der Waals surface area contributed by atoms with Crippen molar-refractivity contribution in [2.24, 2.45) is 0 Å². The highest BCUT2D eigenvalue weighted by Crippen LogP contribution is 2.11. The molecule has 4 nitrogen and oxygen atoms in total. The first-order valence-electron chi connectivity index (χ1n) is 7.40. The van der Waals surface area contributed by atoms with Gasteiger partial charge in [-0.2, -0.15) is 0 Å². The van der Waals surface area contributed by atoms with E-state index in [2.05, 4.69) is 17.6 Å². The smallest absolute Gasteiger partial charge is 0.220 e. The summed E-state index contributed by atoms with van der Waals surface area (Å²) in [5, 5.41) is 6.37. The molecule has 0 radical (unpaired) electrons. The molecule has 2 N–H and O–H groups in total. The van der Waals surface area contributed by atoms with Gasteiger partial charge < -0.3 is 15.4 Å². The number of carbonyl (C=O) groups is 1. The van der Waals surface area contributed by atoms with E-state index in [9.17, 15) is 4.79 Å². The Morgan fingerprint density at radius 3 is 3.00 bits per heavy atom. The van der Waals surface area contributed by atoms with Gasteiger partial charge in [-0.3, -0.25) is 4.79 Å². The van der Waals surface area contributed by atoms with Crippen LogP contribution in [0.25, 0.3) is 0 Å². The monoisotopic (exact) mass is 256 g/mol. The molecule has 0 bridgehead atoms. The molecular weight excluding hydrogens is 228 g/mol. The first kappa shape index (κ1) is 15.4. The van der Waals surface area contributed by atoms with Crippen LogP contribution >= 0.6 is 0 Å². The van der Waals surface area contributed by atoms with Gasteiger partial charge in [0.15, 0.2) is 0 Å². The Labute approximate surface area is 111 Å². The summed E-state index contributed by atoms with van der Waals surface area (Å²) < 4.78 is 5.39. The molecule has 1 rings (SSSR count). The minimum atomic E-state index is 0.154. The van der Waals surface area contributed by atoms with Crippen molar-refractivity contribution in [2.75, 3.05) is 26.3 Å². The first-order chi connectivity index (χ1) is 8.83. The Balaban J connectivity index is 1.90. The Bertz CT molecular complexity index is 216. The number of hydrogen-bond acceptors (Lipinski definition) is 3. The summed E-state index contributed by atoms with van der Waals surface area (Å²) in [6.45, 7) is 5.33. The molecule has 0 aromatic rings. The summed E-state index contributed by atoms with van der Waals surface area (Å²) in [4.78, 5) is 11.6. The molecule has 0 aromatic carbocycles. The van der Waals surface area contributed by atoms with Crippen molar-refractivity contribution in [1.82, 2.24) is 10.6 Å². The van der Waals surface area contributed by atoms with Crippen molar-refractivity contribution in [2.45, 2.75) is 57.9 Å². The number of ether oxygens (including phenoxy) is 1. The predicted molar refractivity (Wildman–Crippen MR) is 73.6 cm³/mol. The van der Waals surface area contributed by atoms with E-state index in [1.165, 1.54) is 19.3 Å². The zero-order valence-corrected chi connectivity index (χ0v) is 11.7. The van der Waals surface area contributed by atoms with E-state index in [1.807, 2.05) is 0 Å². The Morgan fingerprint density at radius 2 is 2.28 bits per heavy atom. The molecule has 1 aliphatic heterocycles. The predicted octanol–water partition coefficient (Wildman–Crippen LogP) is 1.84. The maximum atomic E-state index is 11.6. The topological polar surface area (TPSA) is 50.4 Å². The van der Waals surface area contributed by atoms with Crippen molar-refractivity contribution in [1.29, 1.82) is 0 Å². The SMILES string of the molecule is CCCCOCCNC(=O)CCC1CCCCN1. The zero-order valence-electron chi connectivity index (χ0n) is 11.7. The second kappa shape index (κ2) is 10.3. The number of nitrogens with one attached hydrogen (secondary N) is 2. The molecule has 106 valence electrons. The normalized spacial score (nSPS) is 19.7. The molecule has 0 aromatic heterocycles. The van der Waals surface area contributed by atoms with E-state index in [0.29, 0.717) is 25.6 Å². The molecule has 1 amide bonds. The molecule has 1 saturated heterocycles. The summed E-state index contributed by atoms with van der Waals surface area (Å²) in [6, 6.07) is 0.547. The third-order valence-corrected chi connectivity index (χ3v) is 3.34. The minimum Gasteiger partial charge on any atom is -0.380 e. The maximum Gasteiger partial charge on any atom is 0.220 e. The molecule has 1 atom stereocenters. The Kier molecular flexibility index (Phi) is 8.86. The lowest BCUT2D eigenvalue weighted by Gasteiger charge is -2.23. The average Bonchev–Trinajstić information content (AvgIpc) is 2.41. The number of piperidine rings is 1. The number of unbranched alkanes of at least 4 members (excludes halogenated alkanes) is 1. The lowest BCUT2D eigenvalue weighted by atomic mass is 10.0. The van der Waals surface area contributed by atoms with Crippen LogP contribution in [0.15, 0.2) is 0 Å². The lowest BCUT2D eigenvalue weighted by Crippen LogP contribution is -2.35. The van der Waals surface area contributed by atoms with Crippen LogP contribution in [-0.2, 0) is 9.53 Å². The van der Waals surface area contributed by atoms with Crippen LogP contribution in [0.3, 0.4) is 0 Å². The van der Waals surface area contributed by atoms with Crippen LogP contribution in [0.5, 0.6) is 0 Å². The highest BCUT2D eigenvalue weighted by molar-refractivity contribution is 5.75. The Hall–Kier alpha value is -0.610. The van der Waals surface area contributed by atoms with Gasteiger partial charge in [0.1, 0.15) is 0 Å². The Morgan fingerprint density at radius 1 is 1.39 bits per heavy atom. The van der Waals surface area contributed by atoms with Crippen molar-refractivity contribution in [3.05, 3.63) is 0 Å². The fourth-order valence-electron chi connectivity index (χ4n) is 2.18. The van der Waals surface area contributed by atoms with Gasteiger partial charge in [-0.25, -0.2) is 0 Å². The summed E-state index contributed by atoms with van der Waals surface area (Å²) in [5.74, 6) is 0.154. The second-order valence-corrected chi connectivity index (χ2v) is 5.00. The minimum absolute atomic E-state index is 0.154. The van der Waals surface area contributed by atoms with Gasteiger partial charge >= 0.3 is 0 Å². The van der Waals surface area contributed by atoms with Gasteiger partial charge in [0, 0.05) is 25.6 Å². The largest absolute Gasteiger partial charge is 0.380 e. The van der Waals surface area contributed by atoms with Crippen molar-refractivity contribution in [3.8, 4) is 0 Å². The number of hydrogen-bond donors (Lipinski definition) is 2. The van der Waals surface area contributed by atoms with Gasteiger partial charge in [0.2, 0.25) is 5.91 Å². The number of carbonyl (C=O) groups excluding carboxylic acids is 1. The van der Waals surface area contributed by atoms with Crippen molar-refractivity contribution < 1.29 is 9.53 Å². The van der Waals surface area contributed by atoms with Gasteiger partial charge in [0.05, 0.1) is 6.61 Å². The van der Waals surface area contributed by atoms with E-state index in [1.54, 1.807) is 0 Å². The van der Waals surface area contributed by atoms with E-state index in [4.69, 9.17) is 4.74 Å². The van der Waals surface area contributed by atoms with Gasteiger partial charge in [-0.15, -0.1) is 0 Å². The molecule has 1 unspecified atom stereocenters. The fourth-order valence-corrected chi connectivity index (χ4v) is 2.18. The lowest BCUT2D eigenvalue weighted by molar-refractivity contribution is -0.121. The quantitative estimate of drug-likeness (QED) is 0.619. The van der Waals surface area contributed by atoms with E-state index >= 15 is 0 Å². The molecule has 0 saturated carbocycles. The van der Waals surface area contributed by atoms with Crippen LogP contribution in [-0.4, -0.2) is 38.3 Å². The van der Waals surface area contributed by atoms with Crippen molar-refractivity contribution in [3.63, 3.8) is 0 Å². The molecule has 1 heterocycles. The highest BCUT2D eigenvalue weighted by Gasteiger charge is 2.13. The van der Waals surface area contributed by atoms with Gasteiger partial charge in [-0.1, -0.05) is 19.8 Å². The van der Waals surface area contributed by atoms with Crippen LogP contribution in [0, 0.1) is 0 Å². The third kappa shape index (κ3) is 7.67. The second-order valence-electron chi connectivity index (χ2n) is 5.00. The molecule has 1 aliphatic rings. The summed E-state index contributed by atoms with van der Waals surface area (Å²) in [5.41, 5.74) is 0. The van der Waals surface area contributed by atoms with Crippen LogP contribution in [0.4, 0.5) is 0 Å². The molecule has 1 fully saturated rings. The van der Waals surface area contributed by atoms with Crippen molar-refractivity contribution >= 4 is 5.91 Å². The maximum absolute atomic E-state index is 11.6. The first-order valence-corrected chi connectivity index (χ1v) is 7.40. The van der Waals surface area contributed by atoms with Crippen LogP contribution < -0.4 is 10.6 Å². The number of amides is 1. The van der Waals surface area contributed by atoms with Crippen LogP contribution in [0.1, 0.15) is 51.9 Å². The standard InChI is InChI=1S/C14H28N2O2/c1-2-3-11-18-12-10-16-14(17)8-7-13-6-4-5-9-15-13/h13,15H,2-12H2,1H3,(H,16,17). The summed E-state index contributed by atoms with van der Waals surface area (Å²) in [7, 11) is 0. The highest BCUT2D eigenvalue weighted by atomic mass is 16.5. The zero-order chi connectivity index (χ0) is 13.1. The third-order valence-electron chi connectivity index (χ3n) is 3.34. The summed E-state index contributed by atoms with van der Waals surface area (Å²) in [6.07, 6.45) is 7.63. The molecule has 18 heavy (non-hydrogen) atoms. The molecular formula is C14H28N2O2. The van der Waals surface area contributed by atoms with Crippen LogP contribution in [0.2, 0.25) is 0 Å². The van der Waals surface area contributed by atoms with E-state index in [-0.39, 0.29) is 5.91 Å². The average molecular weight is 256 g/mol. The molecule has 4 heteroatoms. The fraction of sp³-hybridized carbons (Fsp3) is 0.929. The van der Waals surface area contributed by atoms with E-state index in [0.717, 1.165) is 32.4 Å². The molecule has 0 aliphatic carbocycles.